The number of aryl methyl sites for hydroxylation is 1. The predicted octanol–water partition coefficient (Wildman–Crippen LogP) is 4.22. The maximum Gasteiger partial charge on any atom is 0.0422 e. The standard InChI is InChI=1S/C21H23N3/c1-24-10-4-6-16-8-9-20(11-18(16)15-24)23-14-19-13-22-12-17-5-2-3-7-21(17)19/h2-3,5,7-9,11-13,23H,4,6,10,14-15H2,1H3. The third-order valence-corrected chi connectivity index (χ3v) is 4.87. The second kappa shape index (κ2) is 6.62. The lowest BCUT2D eigenvalue weighted by molar-refractivity contribution is 0.332. The van der Waals surface area contributed by atoms with E-state index in [1.54, 1.807) is 0 Å². The van der Waals surface area contributed by atoms with Gasteiger partial charge in [-0.1, -0.05) is 30.3 Å². The molecule has 3 heteroatoms. The molecule has 0 fully saturated rings. The zero-order chi connectivity index (χ0) is 16.4. The molecule has 0 bridgehead atoms. The lowest BCUT2D eigenvalue weighted by Crippen LogP contribution is -2.17. The predicted molar refractivity (Wildman–Crippen MR) is 100 cm³/mol. The SMILES string of the molecule is CN1CCCc2ccc(NCc3cncc4ccccc34)cc2C1. The largest absolute Gasteiger partial charge is 0.381 e. The average molecular weight is 317 g/mol. The number of benzene rings is 2. The van der Waals surface area contributed by atoms with Crippen molar-refractivity contribution in [2.75, 3.05) is 18.9 Å². The Kier molecular flexibility index (Phi) is 4.18. The maximum atomic E-state index is 4.37. The smallest absolute Gasteiger partial charge is 0.0422 e. The molecular weight excluding hydrogens is 294 g/mol. The van der Waals surface area contributed by atoms with Gasteiger partial charge in [0.15, 0.2) is 0 Å². The Hall–Kier alpha value is -2.39. The van der Waals surface area contributed by atoms with Crippen LogP contribution in [0.3, 0.4) is 0 Å². The Morgan fingerprint density at radius 1 is 1.08 bits per heavy atom. The van der Waals surface area contributed by atoms with E-state index in [1.807, 2.05) is 12.4 Å². The van der Waals surface area contributed by atoms with Crippen LogP contribution < -0.4 is 5.32 Å². The normalized spacial score (nSPS) is 15.0. The van der Waals surface area contributed by atoms with E-state index in [9.17, 15) is 0 Å². The van der Waals surface area contributed by atoms with E-state index in [-0.39, 0.29) is 0 Å². The summed E-state index contributed by atoms with van der Waals surface area (Å²) in [7, 11) is 2.21. The van der Waals surface area contributed by atoms with Gasteiger partial charge in [0.05, 0.1) is 0 Å². The van der Waals surface area contributed by atoms with Crippen molar-refractivity contribution < 1.29 is 0 Å². The molecule has 3 aromatic rings. The average Bonchev–Trinajstić information content (AvgIpc) is 2.80. The highest BCUT2D eigenvalue weighted by atomic mass is 15.1. The highest BCUT2D eigenvalue weighted by Gasteiger charge is 2.11. The van der Waals surface area contributed by atoms with E-state index in [0.29, 0.717) is 0 Å². The zero-order valence-corrected chi connectivity index (χ0v) is 14.1. The molecule has 0 radical (unpaired) electrons. The Morgan fingerprint density at radius 2 is 2.00 bits per heavy atom. The summed E-state index contributed by atoms with van der Waals surface area (Å²) in [5.74, 6) is 0. The molecule has 1 aliphatic heterocycles. The monoisotopic (exact) mass is 317 g/mol. The number of aromatic nitrogens is 1. The Morgan fingerprint density at radius 3 is 2.96 bits per heavy atom. The summed E-state index contributed by atoms with van der Waals surface area (Å²) in [5, 5.41) is 6.05. The van der Waals surface area contributed by atoms with Gasteiger partial charge in [-0.2, -0.15) is 0 Å². The van der Waals surface area contributed by atoms with Crippen LogP contribution in [-0.4, -0.2) is 23.5 Å². The first-order valence-electron chi connectivity index (χ1n) is 8.65. The van der Waals surface area contributed by atoms with Crippen molar-refractivity contribution in [3.8, 4) is 0 Å². The van der Waals surface area contributed by atoms with Crippen molar-refractivity contribution in [3.63, 3.8) is 0 Å². The van der Waals surface area contributed by atoms with Gasteiger partial charge in [-0.05, 0) is 60.6 Å². The van der Waals surface area contributed by atoms with Gasteiger partial charge >= 0.3 is 0 Å². The molecule has 3 nitrogen and oxygen atoms in total. The zero-order valence-electron chi connectivity index (χ0n) is 14.1. The van der Waals surface area contributed by atoms with Crippen molar-refractivity contribution in [2.45, 2.75) is 25.9 Å². The maximum absolute atomic E-state index is 4.37. The van der Waals surface area contributed by atoms with Crippen molar-refractivity contribution in [1.82, 2.24) is 9.88 Å². The van der Waals surface area contributed by atoms with Gasteiger partial charge in [0.2, 0.25) is 0 Å². The first kappa shape index (κ1) is 15.2. The topological polar surface area (TPSA) is 28.2 Å². The molecule has 24 heavy (non-hydrogen) atoms. The van der Waals surface area contributed by atoms with E-state index in [0.717, 1.165) is 13.1 Å². The molecule has 1 aliphatic rings. The molecule has 1 N–H and O–H groups in total. The summed E-state index contributed by atoms with van der Waals surface area (Å²) in [4.78, 5) is 6.78. The van der Waals surface area contributed by atoms with Gasteiger partial charge < -0.3 is 10.2 Å². The molecule has 0 aliphatic carbocycles. The third-order valence-electron chi connectivity index (χ3n) is 4.87. The summed E-state index contributed by atoms with van der Waals surface area (Å²) in [6, 6.07) is 15.2. The molecule has 2 heterocycles. The minimum atomic E-state index is 0.795. The van der Waals surface area contributed by atoms with Crippen LogP contribution in [0.5, 0.6) is 0 Å². The second-order valence-electron chi connectivity index (χ2n) is 6.70. The molecule has 0 saturated carbocycles. The third kappa shape index (κ3) is 3.13. The van der Waals surface area contributed by atoms with Crippen LogP contribution in [0.25, 0.3) is 10.8 Å². The number of fused-ring (bicyclic) bond motifs is 2. The Labute approximate surface area is 143 Å². The van der Waals surface area contributed by atoms with Gasteiger partial charge in [-0.25, -0.2) is 0 Å². The van der Waals surface area contributed by atoms with Gasteiger partial charge in [0.1, 0.15) is 0 Å². The van der Waals surface area contributed by atoms with E-state index in [4.69, 9.17) is 0 Å². The van der Waals surface area contributed by atoms with Crippen LogP contribution in [0.15, 0.2) is 54.9 Å². The molecule has 0 unspecified atom stereocenters. The number of hydrogen-bond acceptors (Lipinski definition) is 3. The number of nitrogens with one attached hydrogen (secondary N) is 1. The van der Waals surface area contributed by atoms with Gasteiger partial charge in [0.25, 0.3) is 0 Å². The molecule has 4 rings (SSSR count). The van der Waals surface area contributed by atoms with Crippen LogP contribution in [0.2, 0.25) is 0 Å². The quantitative estimate of drug-likeness (QED) is 0.784. The first-order valence-corrected chi connectivity index (χ1v) is 8.65. The van der Waals surface area contributed by atoms with Gasteiger partial charge in [-0.3, -0.25) is 4.98 Å². The molecule has 0 amide bonds. The highest BCUT2D eigenvalue weighted by molar-refractivity contribution is 5.84. The first-order chi connectivity index (χ1) is 11.8. The highest BCUT2D eigenvalue weighted by Crippen LogP contribution is 2.23. The minimum Gasteiger partial charge on any atom is -0.381 e. The molecule has 0 spiro atoms. The van der Waals surface area contributed by atoms with Crippen LogP contribution in [0.1, 0.15) is 23.1 Å². The second-order valence-corrected chi connectivity index (χ2v) is 6.70. The fraction of sp³-hybridized carbons (Fsp3) is 0.286. The number of hydrogen-bond donors (Lipinski definition) is 1. The van der Waals surface area contributed by atoms with Crippen LogP contribution >= 0.6 is 0 Å². The van der Waals surface area contributed by atoms with Crippen LogP contribution in [-0.2, 0) is 19.5 Å². The molecule has 2 aromatic carbocycles. The fourth-order valence-corrected chi connectivity index (χ4v) is 3.55. The van der Waals surface area contributed by atoms with Crippen LogP contribution in [0, 0.1) is 0 Å². The lowest BCUT2D eigenvalue weighted by Gasteiger charge is -2.15. The van der Waals surface area contributed by atoms with Gasteiger partial charge in [0, 0.05) is 36.6 Å². The Balaban J connectivity index is 1.55. The summed E-state index contributed by atoms with van der Waals surface area (Å²) < 4.78 is 0. The Bertz CT molecular complexity index is 851. The van der Waals surface area contributed by atoms with E-state index >= 15 is 0 Å². The number of rotatable bonds is 3. The van der Waals surface area contributed by atoms with Crippen molar-refractivity contribution in [1.29, 1.82) is 0 Å². The van der Waals surface area contributed by atoms with E-state index < -0.39 is 0 Å². The van der Waals surface area contributed by atoms with Crippen molar-refractivity contribution in [3.05, 3.63) is 71.5 Å². The van der Waals surface area contributed by atoms with Crippen molar-refractivity contribution >= 4 is 16.5 Å². The number of nitrogens with zero attached hydrogens (tertiary/aromatic N) is 2. The molecular formula is C21H23N3. The molecule has 122 valence electrons. The summed E-state index contributed by atoms with van der Waals surface area (Å²) in [6.45, 7) is 3.02. The molecule has 0 atom stereocenters. The van der Waals surface area contributed by atoms with Crippen molar-refractivity contribution in [2.24, 2.45) is 0 Å². The number of pyridine rings is 1. The molecule has 0 saturated heterocycles. The summed E-state index contributed by atoms with van der Waals surface area (Å²) in [5.41, 5.74) is 5.38. The van der Waals surface area contributed by atoms with Gasteiger partial charge in [-0.15, -0.1) is 0 Å². The molecule has 1 aromatic heterocycles. The summed E-state index contributed by atoms with van der Waals surface area (Å²) in [6.07, 6.45) is 6.33. The van der Waals surface area contributed by atoms with E-state index in [2.05, 4.69) is 64.7 Å². The summed E-state index contributed by atoms with van der Waals surface area (Å²) >= 11 is 0. The van der Waals surface area contributed by atoms with E-state index in [1.165, 1.54) is 52.5 Å². The van der Waals surface area contributed by atoms with Crippen LogP contribution in [0.4, 0.5) is 5.69 Å². The number of anilines is 1. The minimum absolute atomic E-state index is 0.795. The lowest BCUT2D eigenvalue weighted by atomic mass is 10.0. The fourth-order valence-electron chi connectivity index (χ4n) is 3.55.